The number of hydrogen-bond acceptors (Lipinski definition) is 3. The summed E-state index contributed by atoms with van der Waals surface area (Å²) in [6.45, 7) is 7.33. The monoisotopic (exact) mass is 275 g/mol. The fourth-order valence-electron chi connectivity index (χ4n) is 3.12. The van der Waals surface area contributed by atoms with E-state index in [4.69, 9.17) is 0 Å². The molecule has 1 heterocycles. The number of piperazine rings is 1. The Kier molecular flexibility index (Phi) is 5.19. The van der Waals surface area contributed by atoms with Crippen molar-refractivity contribution in [1.29, 1.82) is 5.26 Å². The number of nitriles is 1. The van der Waals surface area contributed by atoms with Crippen LogP contribution in [-0.4, -0.2) is 47.9 Å². The highest BCUT2D eigenvalue weighted by atomic mass is 16.2. The number of nitrogens with zero attached hydrogens (tertiary/aromatic N) is 3. The third-order valence-electron chi connectivity index (χ3n) is 4.37. The van der Waals surface area contributed by atoms with Crippen LogP contribution in [0.4, 0.5) is 0 Å². The highest BCUT2D eigenvalue weighted by Crippen LogP contribution is 2.22. The molecule has 0 aromatic rings. The molecule has 1 saturated heterocycles. The van der Waals surface area contributed by atoms with Crippen molar-refractivity contribution in [3.8, 4) is 6.07 Å². The maximum absolute atomic E-state index is 12.2. The van der Waals surface area contributed by atoms with E-state index < -0.39 is 0 Å². The molecule has 110 valence electrons. The molecule has 2 atom stereocenters. The highest BCUT2D eigenvalue weighted by molar-refractivity contribution is 5.76. The van der Waals surface area contributed by atoms with Crippen molar-refractivity contribution in [3.63, 3.8) is 0 Å². The fourth-order valence-corrected chi connectivity index (χ4v) is 3.12. The Morgan fingerprint density at radius 2 is 2.05 bits per heavy atom. The summed E-state index contributed by atoms with van der Waals surface area (Å²) in [6.07, 6.45) is 7.25. The number of allylic oxidation sites excluding steroid dienone is 2. The van der Waals surface area contributed by atoms with Gasteiger partial charge in [0.1, 0.15) is 6.04 Å². The fraction of sp³-hybridized carbons (Fsp3) is 0.750. The lowest BCUT2D eigenvalue weighted by Crippen LogP contribution is -2.53. The maximum Gasteiger partial charge on any atom is 0.223 e. The van der Waals surface area contributed by atoms with Crippen molar-refractivity contribution in [2.75, 3.05) is 26.2 Å². The van der Waals surface area contributed by atoms with E-state index in [1.165, 1.54) is 0 Å². The lowest BCUT2D eigenvalue weighted by atomic mass is 10.0. The minimum Gasteiger partial charge on any atom is -0.340 e. The second kappa shape index (κ2) is 6.90. The Hall–Kier alpha value is -1.34. The molecule has 0 saturated carbocycles. The number of rotatable bonds is 4. The van der Waals surface area contributed by atoms with Crippen LogP contribution in [0.1, 0.15) is 33.1 Å². The van der Waals surface area contributed by atoms with E-state index >= 15 is 0 Å². The van der Waals surface area contributed by atoms with Crippen molar-refractivity contribution in [2.24, 2.45) is 11.8 Å². The molecule has 4 nitrogen and oxygen atoms in total. The molecule has 1 amide bonds. The second-order valence-electron chi connectivity index (χ2n) is 6.20. The van der Waals surface area contributed by atoms with Crippen LogP contribution in [-0.2, 0) is 4.79 Å². The summed E-state index contributed by atoms with van der Waals surface area (Å²) in [4.78, 5) is 16.4. The molecule has 2 rings (SSSR count). The number of carbonyl (C=O) groups excluding carboxylic acids is 1. The summed E-state index contributed by atoms with van der Waals surface area (Å²) < 4.78 is 0. The van der Waals surface area contributed by atoms with Crippen LogP contribution in [0.3, 0.4) is 0 Å². The smallest absolute Gasteiger partial charge is 0.223 e. The third-order valence-corrected chi connectivity index (χ3v) is 4.37. The third kappa shape index (κ3) is 3.61. The number of carbonyl (C=O) groups is 1. The summed E-state index contributed by atoms with van der Waals surface area (Å²) in [5.41, 5.74) is 0. The van der Waals surface area contributed by atoms with E-state index in [-0.39, 0.29) is 11.9 Å². The zero-order valence-electron chi connectivity index (χ0n) is 12.6. The normalized spacial score (nSPS) is 24.9. The molecule has 1 aliphatic heterocycles. The van der Waals surface area contributed by atoms with E-state index in [2.05, 4.69) is 37.0 Å². The SMILES string of the molecule is CC(C)[C@@H](C#N)N1CCN(C(=O)C[C@H]2C=CCC2)CC1. The average molecular weight is 275 g/mol. The predicted octanol–water partition coefficient (Wildman–Crippen LogP) is 2.04. The minimum absolute atomic E-state index is 0.0231. The van der Waals surface area contributed by atoms with Crippen LogP contribution >= 0.6 is 0 Å². The summed E-state index contributed by atoms with van der Waals surface area (Å²) in [6, 6.07) is 2.36. The van der Waals surface area contributed by atoms with E-state index in [0.29, 0.717) is 18.3 Å². The largest absolute Gasteiger partial charge is 0.340 e. The molecule has 1 aliphatic carbocycles. The molecule has 0 aromatic heterocycles. The molecular formula is C16H25N3O. The van der Waals surface area contributed by atoms with E-state index in [1.807, 2.05) is 4.90 Å². The molecule has 0 spiro atoms. The van der Waals surface area contributed by atoms with Crippen molar-refractivity contribution >= 4 is 5.91 Å². The Bertz CT molecular complexity index is 402. The zero-order valence-corrected chi connectivity index (χ0v) is 12.6. The Morgan fingerprint density at radius 1 is 1.35 bits per heavy atom. The summed E-state index contributed by atoms with van der Waals surface area (Å²) in [7, 11) is 0. The molecule has 0 unspecified atom stereocenters. The van der Waals surface area contributed by atoms with Gasteiger partial charge in [-0.15, -0.1) is 0 Å². The van der Waals surface area contributed by atoms with Crippen molar-refractivity contribution in [1.82, 2.24) is 9.80 Å². The van der Waals surface area contributed by atoms with Crippen molar-refractivity contribution in [2.45, 2.75) is 39.2 Å². The standard InChI is InChI=1S/C16H25N3O/c1-13(2)15(12-17)18-7-9-19(10-8-18)16(20)11-14-5-3-4-6-14/h3,5,13-15H,4,6-11H2,1-2H3/t14-,15+/m0/s1. The van der Waals surface area contributed by atoms with Gasteiger partial charge in [-0.2, -0.15) is 5.26 Å². The molecule has 0 aromatic carbocycles. The van der Waals surface area contributed by atoms with E-state index in [9.17, 15) is 10.1 Å². The van der Waals surface area contributed by atoms with Gasteiger partial charge in [-0.05, 0) is 24.7 Å². The van der Waals surface area contributed by atoms with Gasteiger partial charge >= 0.3 is 0 Å². The number of amides is 1. The predicted molar refractivity (Wildman–Crippen MR) is 78.9 cm³/mol. The molecule has 0 N–H and O–H groups in total. The lowest BCUT2D eigenvalue weighted by Gasteiger charge is -2.38. The second-order valence-corrected chi connectivity index (χ2v) is 6.20. The average Bonchev–Trinajstić information content (AvgIpc) is 2.92. The first kappa shape index (κ1) is 15.1. The molecule has 0 radical (unpaired) electrons. The Morgan fingerprint density at radius 3 is 2.55 bits per heavy atom. The van der Waals surface area contributed by atoms with Crippen LogP contribution in [0.5, 0.6) is 0 Å². The Labute approximate surface area is 122 Å². The number of hydrogen-bond donors (Lipinski definition) is 0. The first-order valence-corrected chi connectivity index (χ1v) is 7.70. The molecule has 4 heteroatoms. The van der Waals surface area contributed by atoms with Gasteiger partial charge in [0.15, 0.2) is 0 Å². The minimum atomic E-state index is -0.0231. The molecule has 2 aliphatic rings. The van der Waals surface area contributed by atoms with Gasteiger partial charge < -0.3 is 4.90 Å². The van der Waals surface area contributed by atoms with Gasteiger partial charge in [0.25, 0.3) is 0 Å². The molecule has 1 fully saturated rings. The van der Waals surface area contributed by atoms with Crippen molar-refractivity contribution in [3.05, 3.63) is 12.2 Å². The summed E-state index contributed by atoms with van der Waals surface area (Å²) in [5, 5.41) is 9.23. The zero-order chi connectivity index (χ0) is 14.5. The van der Waals surface area contributed by atoms with Crippen LogP contribution in [0.2, 0.25) is 0 Å². The van der Waals surface area contributed by atoms with Crippen LogP contribution < -0.4 is 0 Å². The quantitative estimate of drug-likeness (QED) is 0.738. The molecular weight excluding hydrogens is 250 g/mol. The summed E-state index contributed by atoms with van der Waals surface area (Å²) in [5.74, 6) is 1.06. The van der Waals surface area contributed by atoms with Crippen LogP contribution in [0, 0.1) is 23.2 Å². The summed E-state index contributed by atoms with van der Waals surface area (Å²) >= 11 is 0. The highest BCUT2D eigenvalue weighted by Gasteiger charge is 2.28. The topological polar surface area (TPSA) is 47.3 Å². The van der Waals surface area contributed by atoms with E-state index in [0.717, 1.165) is 39.0 Å². The van der Waals surface area contributed by atoms with Crippen molar-refractivity contribution < 1.29 is 4.79 Å². The van der Waals surface area contributed by atoms with Gasteiger partial charge in [-0.25, -0.2) is 0 Å². The first-order chi connectivity index (χ1) is 9.61. The molecule has 20 heavy (non-hydrogen) atoms. The van der Waals surface area contributed by atoms with Gasteiger partial charge in [0.05, 0.1) is 6.07 Å². The maximum atomic E-state index is 12.2. The molecule has 0 bridgehead atoms. The van der Waals surface area contributed by atoms with Gasteiger partial charge in [0.2, 0.25) is 5.91 Å². The Balaban J connectivity index is 1.80. The first-order valence-electron chi connectivity index (χ1n) is 7.70. The van der Waals surface area contributed by atoms with Gasteiger partial charge in [-0.3, -0.25) is 9.69 Å². The van der Waals surface area contributed by atoms with Gasteiger partial charge in [-0.1, -0.05) is 26.0 Å². The van der Waals surface area contributed by atoms with E-state index in [1.54, 1.807) is 0 Å². The lowest BCUT2D eigenvalue weighted by molar-refractivity contribution is -0.133. The van der Waals surface area contributed by atoms with Gasteiger partial charge in [0, 0.05) is 32.6 Å². The van der Waals surface area contributed by atoms with Crippen LogP contribution in [0.15, 0.2) is 12.2 Å². The van der Waals surface area contributed by atoms with Crippen LogP contribution in [0.25, 0.3) is 0 Å².